The molecule has 0 aliphatic rings. The fourth-order valence-corrected chi connectivity index (χ4v) is 2.02. The van der Waals surface area contributed by atoms with E-state index in [1.165, 1.54) is 0 Å². The first kappa shape index (κ1) is 18.5. The van der Waals surface area contributed by atoms with E-state index < -0.39 is 11.6 Å². The summed E-state index contributed by atoms with van der Waals surface area (Å²) >= 11 is 0. The Hall–Kier alpha value is -2.88. The summed E-state index contributed by atoms with van der Waals surface area (Å²) in [4.78, 5) is 16.9. The third kappa shape index (κ3) is 6.26. The van der Waals surface area contributed by atoms with Crippen LogP contribution in [0.4, 0.5) is 5.69 Å². The predicted molar refractivity (Wildman–Crippen MR) is 101 cm³/mol. The molecule has 0 saturated heterocycles. The van der Waals surface area contributed by atoms with Crippen LogP contribution in [-0.2, 0) is 9.53 Å². The molecular weight excluding hydrogens is 314 g/mol. The van der Waals surface area contributed by atoms with Crippen LogP contribution in [0.25, 0.3) is 6.08 Å². The van der Waals surface area contributed by atoms with E-state index in [1.807, 2.05) is 57.2 Å². The van der Waals surface area contributed by atoms with Gasteiger partial charge in [0.25, 0.3) is 0 Å². The van der Waals surface area contributed by atoms with E-state index in [2.05, 4.69) is 4.99 Å². The zero-order chi connectivity index (χ0) is 18.3. The fraction of sp³-hybridized carbons (Fsp3) is 0.238. The summed E-state index contributed by atoms with van der Waals surface area (Å²) in [5.74, 6) is 0.271. The third-order valence-electron chi connectivity index (χ3n) is 3.16. The van der Waals surface area contributed by atoms with Gasteiger partial charge in [-0.05, 0) is 56.7 Å². The molecule has 0 spiro atoms. The molecule has 4 nitrogen and oxygen atoms in total. The maximum absolute atomic E-state index is 12.5. The SMILES string of the molecule is COc1ccc(N=C(/C=C/c2ccccc2)C(=O)OC(C)(C)C)cc1. The number of hydrogen-bond donors (Lipinski definition) is 0. The Morgan fingerprint density at radius 2 is 1.64 bits per heavy atom. The number of esters is 1. The maximum Gasteiger partial charge on any atom is 0.357 e. The quantitative estimate of drug-likeness (QED) is 0.580. The largest absolute Gasteiger partial charge is 0.497 e. The molecule has 0 fully saturated rings. The minimum atomic E-state index is -0.585. The Morgan fingerprint density at radius 1 is 1.00 bits per heavy atom. The van der Waals surface area contributed by atoms with E-state index in [9.17, 15) is 4.79 Å². The lowest BCUT2D eigenvalue weighted by Crippen LogP contribution is -2.28. The number of hydrogen-bond acceptors (Lipinski definition) is 4. The molecule has 0 amide bonds. The first-order chi connectivity index (χ1) is 11.9. The Balaban J connectivity index is 2.31. The highest BCUT2D eigenvalue weighted by atomic mass is 16.6. The van der Waals surface area contributed by atoms with Crippen LogP contribution < -0.4 is 4.74 Å². The third-order valence-corrected chi connectivity index (χ3v) is 3.16. The molecule has 0 heterocycles. The summed E-state index contributed by atoms with van der Waals surface area (Å²) in [5.41, 5.74) is 1.29. The van der Waals surface area contributed by atoms with Crippen LogP contribution >= 0.6 is 0 Å². The number of carbonyl (C=O) groups excluding carboxylic acids is 1. The van der Waals surface area contributed by atoms with Gasteiger partial charge >= 0.3 is 5.97 Å². The number of benzene rings is 2. The van der Waals surface area contributed by atoms with Crippen molar-refractivity contribution < 1.29 is 14.3 Å². The summed E-state index contributed by atoms with van der Waals surface area (Å²) < 4.78 is 10.6. The number of nitrogens with zero attached hydrogens (tertiary/aromatic N) is 1. The van der Waals surface area contributed by atoms with Gasteiger partial charge in [-0.15, -0.1) is 0 Å². The number of aliphatic imine (C=N–C) groups is 1. The van der Waals surface area contributed by atoms with Crippen LogP contribution in [0.2, 0.25) is 0 Å². The van der Waals surface area contributed by atoms with Crippen LogP contribution in [0, 0.1) is 0 Å². The molecule has 0 radical (unpaired) electrons. The van der Waals surface area contributed by atoms with Gasteiger partial charge in [-0.2, -0.15) is 0 Å². The number of carbonyl (C=O) groups is 1. The zero-order valence-corrected chi connectivity index (χ0v) is 15.0. The van der Waals surface area contributed by atoms with Crippen molar-refractivity contribution in [1.29, 1.82) is 0 Å². The Morgan fingerprint density at radius 3 is 2.20 bits per heavy atom. The van der Waals surface area contributed by atoms with Crippen molar-refractivity contribution in [3.05, 3.63) is 66.2 Å². The van der Waals surface area contributed by atoms with Crippen molar-refractivity contribution in [2.45, 2.75) is 26.4 Å². The summed E-state index contributed by atoms with van der Waals surface area (Å²) in [6.45, 7) is 5.49. The van der Waals surface area contributed by atoms with Crippen LogP contribution in [0.15, 0.2) is 65.7 Å². The highest BCUT2D eigenvalue weighted by Gasteiger charge is 2.19. The maximum atomic E-state index is 12.5. The molecule has 2 aromatic rings. The molecule has 130 valence electrons. The minimum Gasteiger partial charge on any atom is -0.497 e. The Kier molecular flexibility index (Phi) is 6.12. The first-order valence-corrected chi connectivity index (χ1v) is 8.06. The molecule has 0 unspecified atom stereocenters. The fourth-order valence-electron chi connectivity index (χ4n) is 2.02. The summed E-state index contributed by atoms with van der Waals surface area (Å²) in [7, 11) is 1.60. The molecular formula is C21H23NO3. The van der Waals surface area contributed by atoms with Crippen LogP contribution in [-0.4, -0.2) is 24.4 Å². The van der Waals surface area contributed by atoms with Crippen molar-refractivity contribution in [1.82, 2.24) is 0 Å². The highest BCUT2D eigenvalue weighted by Crippen LogP contribution is 2.19. The second-order valence-corrected chi connectivity index (χ2v) is 6.44. The topological polar surface area (TPSA) is 47.9 Å². The van der Waals surface area contributed by atoms with E-state index in [4.69, 9.17) is 9.47 Å². The van der Waals surface area contributed by atoms with Gasteiger partial charge in [0.15, 0.2) is 0 Å². The summed E-state index contributed by atoms with van der Waals surface area (Å²) in [6.07, 6.45) is 3.51. The Bertz CT molecular complexity index is 754. The Labute approximate surface area is 148 Å². The molecule has 0 aliphatic heterocycles. The highest BCUT2D eigenvalue weighted by molar-refractivity contribution is 6.42. The van der Waals surface area contributed by atoms with Gasteiger partial charge in [0, 0.05) is 0 Å². The van der Waals surface area contributed by atoms with Gasteiger partial charge < -0.3 is 9.47 Å². The van der Waals surface area contributed by atoms with Crippen molar-refractivity contribution in [2.24, 2.45) is 4.99 Å². The standard InChI is InChI=1S/C21H23NO3/c1-21(2,3)25-20(23)19(15-10-16-8-6-5-7-9-16)22-17-11-13-18(24-4)14-12-17/h5-15H,1-4H3/b15-10+,22-19?. The second kappa shape index (κ2) is 8.29. The second-order valence-electron chi connectivity index (χ2n) is 6.44. The molecule has 0 N–H and O–H groups in total. The van der Waals surface area contributed by atoms with Crippen LogP contribution in [0.3, 0.4) is 0 Å². The van der Waals surface area contributed by atoms with E-state index in [0.717, 1.165) is 11.3 Å². The molecule has 2 rings (SSSR count). The number of ether oxygens (including phenoxy) is 2. The molecule has 0 aromatic heterocycles. The summed E-state index contributed by atoms with van der Waals surface area (Å²) in [5, 5.41) is 0. The molecule has 0 saturated carbocycles. The van der Waals surface area contributed by atoms with Gasteiger partial charge in [-0.25, -0.2) is 9.79 Å². The lowest BCUT2D eigenvalue weighted by atomic mass is 10.1. The van der Waals surface area contributed by atoms with Gasteiger partial charge in [0.1, 0.15) is 17.1 Å². The van der Waals surface area contributed by atoms with E-state index in [1.54, 1.807) is 37.5 Å². The van der Waals surface area contributed by atoms with E-state index >= 15 is 0 Å². The van der Waals surface area contributed by atoms with E-state index in [0.29, 0.717) is 5.69 Å². The van der Waals surface area contributed by atoms with Gasteiger partial charge in [-0.1, -0.05) is 36.4 Å². The predicted octanol–water partition coefficient (Wildman–Crippen LogP) is 4.82. The molecule has 25 heavy (non-hydrogen) atoms. The van der Waals surface area contributed by atoms with Gasteiger partial charge in [-0.3, -0.25) is 0 Å². The minimum absolute atomic E-state index is 0.240. The van der Waals surface area contributed by atoms with Crippen molar-refractivity contribution in [3.63, 3.8) is 0 Å². The van der Waals surface area contributed by atoms with Crippen molar-refractivity contribution in [2.75, 3.05) is 7.11 Å². The zero-order valence-electron chi connectivity index (χ0n) is 15.0. The lowest BCUT2D eigenvalue weighted by Gasteiger charge is -2.19. The normalized spacial score (nSPS) is 12.2. The van der Waals surface area contributed by atoms with Crippen molar-refractivity contribution in [3.8, 4) is 5.75 Å². The molecule has 0 atom stereocenters. The average Bonchev–Trinajstić information content (AvgIpc) is 2.58. The van der Waals surface area contributed by atoms with Crippen LogP contribution in [0.5, 0.6) is 5.75 Å². The average molecular weight is 337 g/mol. The number of methoxy groups -OCH3 is 1. The summed E-state index contributed by atoms with van der Waals surface area (Å²) in [6, 6.07) is 16.9. The number of rotatable bonds is 5. The molecule has 0 bridgehead atoms. The van der Waals surface area contributed by atoms with Crippen LogP contribution in [0.1, 0.15) is 26.3 Å². The molecule has 2 aromatic carbocycles. The van der Waals surface area contributed by atoms with Crippen molar-refractivity contribution >= 4 is 23.4 Å². The molecule has 4 heteroatoms. The lowest BCUT2D eigenvalue weighted by molar-refractivity contribution is -0.146. The molecule has 0 aliphatic carbocycles. The van der Waals surface area contributed by atoms with Gasteiger partial charge in [0.05, 0.1) is 12.8 Å². The smallest absolute Gasteiger partial charge is 0.357 e. The van der Waals surface area contributed by atoms with Gasteiger partial charge in [0.2, 0.25) is 0 Å². The van der Waals surface area contributed by atoms with E-state index in [-0.39, 0.29) is 5.71 Å². The monoisotopic (exact) mass is 337 g/mol. The first-order valence-electron chi connectivity index (χ1n) is 8.06.